The lowest BCUT2D eigenvalue weighted by Gasteiger charge is -2.03. The highest BCUT2D eigenvalue weighted by Crippen LogP contribution is 2.24. The fraction of sp³-hybridized carbons (Fsp3) is 0.111. The standard InChI is InChI=1S/C18H16N2O2S/c21-15-8-6-13(7-9-15)10-11-19-17(22)16-12-20-18(23-16)14-4-2-1-3-5-14/h1-9,12,21H,10-11H2,(H,19,22). The van der Waals surface area contributed by atoms with E-state index in [1.54, 1.807) is 18.3 Å². The van der Waals surface area contributed by atoms with E-state index in [0.717, 1.165) is 22.6 Å². The molecule has 0 saturated heterocycles. The number of thiazole rings is 1. The summed E-state index contributed by atoms with van der Waals surface area (Å²) in [5.41, 5.74) is 2.08. The third kappa shape index (κ3) is 3.96. The molecule has 3 aromatic rings. The van der Waals surface area contributed by atoms with E-state index in [1.165, 1.54) is 11.3 Å². The Labute approximate surface area is 138 Å². The second-order valence-electron chi connectivity index (χ2n) is 5.07. The van der Waals surface area contributed by atoms with Gasteiger partial charge in [0.1, 0.15) is 15.6 Å². The zero-order chi connectivity index (χ0) is 16.1. The molecule has 3 rings (SSSR count). The largest absolute Gasteiger partial charge is 0.508 e. The molecule has 0 atom stereocenters. The predicted octanol–water partition coefficient (Wildman–Crippen LogP) is 3.49. The Balaban J connectivity index is 1.56. The number of carbonyl (C=O) groups is 1. The number of nitrogens with one attached hydrogen (secondary N) is 1. The Bertz CT molecular complexity index is 782. The topological polar surface area (TPSA) is 62.2 Å². The normalized spacial score (nSPS) is 10.4. The highest BCUT2D eigenvalue weighted by molar-refractivity contribution is 7.16. The van der Waals surface area contributed by atoms with Gasteiger partial charge >= 0.3 is 0 Å². The van der Waals surface area contributed by atoms with Crippen LogP contribution >= 0.6 is 11.3 Å². The van der Waals surface area contributed by atoms with E-state index in [-0.39, 0.29) is 11.7 Å². The average molecular weight is 324 g/mol. The van der Waals surface area contributed by atoms with E-state index in [1.807, 2.05) is 42.5 Å². The number of phenolic OH excluding ortho intramolecular Hbond substituents is 1. The number of aromatic hydroxyl groups is 1. The van der Waals surface area contributed by atoms with Crippen LogP contribution in [0.1, 0.15) is 15.2 Å². The van der Waals surface area contributed by atoms with E-state index in [4.69, 9.17) is 0 Å². The van der Waals surface area contributed by atoms with Crippen molar-refractivity contribution in [3.05, 3.63) is 71.2 Å². The maximum Gasteiger partial charge on any atom is 0.263 e. The van der Waals surface area contributed by atoms with Crippen LogP contribution in [0.4, 0.5) is 0 Å². The number of amides is 1. The summed E-state index contributed by atoms with van der Waals surface area (Å²) in [6, 6.07) is 16.8. The summed E-state index contributed by atoms with van der Waals surface area (Å²) in [5, 5.41) is 13.0. The zero-order valence-corrected chi connectivity index (χ0v) is 13.2. The lowest BCUT2D eigenvalue weighted by atomic mass is 10.1. The van der Waals surface area contributed by atoms with Gasteiger partial charge in [-0.15, -0.1) is 11.3 Å². The molecule has 23 heavy (non-hydrogen) atoms. The van der Waals surface area contributed by atoms with Crippen molar-refractivity contribution in [1.82, 2.24) is 10.3 Å². The average Bonchev–Trinajstić information content (AvgIpc) is 3.07. The number of phenols is 1. The molecule has 1 amide bonds. The molecule has 1 heterocycles. The molecule has 0 aliphatic heterocycles. The molecule has 0 bridgehead atoms. The number of aromatic nitrogens is 1. The quantitative estimate of drug-likeness (QED) is 0.755. The lowest BCUT2D eigenvalue weighted by Crippen LogP contribution is -2.24. The summed E-state index contributed by atoms with van der Waals surface area (Å²) >= 11 is 1.39. The van der Waals surface area contributed by atoms with Gasteiger partial charge in [0.15, 0.2) is 0 Å². The molecule has 5 heteroatoms. The van der Waals surface area contributed by atoms with E-state index >= 15 is 0 Å². The Morgan fingerprint density at radius 1 is 1.09 bits per heavy atom. The predicted molar refractivity (Wildman–Crippen MR) is 91.7 cm³/mol. The summed E-state index contributed by atoms with van der Waals surface area (Å²) in [5.74, 6) is 0.138. The Morgan fingerprint density at radius 2 is 1.83 bits per heavy atom. The summed E-state index contributed by atoms with van der Waals surface area (Å²) in [6.45, 7) is 0.544. The van der Waals surface area contributed by atoms with Crippen LogP contribution in [-0.2, 0) is 6.42 Å². The van der Waals surface area contributed by atoms with Crippen LogP contribution in [0.25, 0.3) is 10.6 Å². The van der Waals surface area contributed by atoms with Gasteiger partial charge in [0.2, 0.25) is 0 Å². The van der Waals surface area contributed by atoms with Crippen molar-refractivity contribution in [2.45, 2.75) is 6.42 Å². The summed E-state index contributed by atoms with van der Waals surface area (Å²) in [6.07, 6.45) is 2.33. The third-order valence-electron chi connectivity index (χ3n) is 3.39. The molecule has 0 radical (unpaired) electrons. The summed E-state index contributed by atoms with van der Waals surface area (Å²) < 4.78 is 0. The monoisotopic (exact) mass is 324 g/mol. The second-order valence-corrected chi connectivity index (χ2v) is 6.10. The second kappa shape index (κ2) is 7.07. The number of nitrogens with zero attached hydrogens (tertiary/aromatic N) is 1. The summed E-state index contributed by atoms with van der Waals surface area (Å²) in [4.78, 5) is 17.1. The molecule has 116 valence electrons. The zero-order valence-electron chi connectivity index (χ0n) is 12.4. The van der Waals surface area contributed by atoms with Crippen molar-refractivity contribution >= 4 is 17.2 Å². The van der Waals surface area contributed by atoms with Crippen molar-refractivity contribution in [2.75, 3.05) is 6.54 Å². The van der Waals surface area contributed by atoms with E-state index in [2.05, 4.69) is 10.3 Å². The van der Waals surface area contributed by atoms with Crippen molar-refractivity contribution in [2.24, 2.45) is 0 Å². The molecule has 0 fully saturated rings. The SMILES string of the molecule is O=C(NCCc1ccc(O)cc1)c1cnc(-c2ccccc2)s1. The highest BCUT2D eigenvalue weighted by atomic mass is 32.1. The fourth-order valence-corrected chi connectivity index (χ4v) is 3.00. The maximum atomic E-state index is 12.2. The van der Waals surface area contributed by atoms with Crippen LogP contribution in [0, 0.1) is 0 Å². The molecule has 0 aliphatic carbocycles. The van der Waals surface area contributed by atoms with E-state index in [9.17, 15) is 9.90 Å². The van der Waals surface area contributed by atoms with Crippen molar-refractivity contribution < 1.29 is 9.90 Å². The molecule has 0 aliphatic rings. The minimum absolute atomic E-state index is 0.108. The molecule has 0 spiro atoms. The van der Waals surface area contributed by atoms with Gasteiger partial charge in [-0.25, -0.2) is 4.98 Å². The van der Waals surface area contributed by atoms with E-state index < -0.39 is 0 Å². The number of hydrogen-bond donors (Lipinski definition) is 2. The molecular weight excluding hydrogens is 308 g/mol. The maximum absolute atomic E-state index is 12.2. The van der Waals surface area contributed by atoms with Gasteiger partial charge in [-0.2, -0.15) is 0 Å². The first-order valence-electron chi connectivity index (χ1n) is 7.30. The van der Waals surface area contributed by atoms with Crippen LogP contribution in [0.15, 0.2) is 60.8 Å². The van der Waals surface area contributed by atoms with Gasteiger partial charge in [0, 0.05) is 12.1 Å². The molecule has 1 aromatic heterocycles. The van der Waals surface area contributed by atoms with Crippen LogP contribution in [-0.4, -0.2) is 22.5 Å². The first-order valence-corrected chi connectivity index (χ1v) is 8.11. The minimum atomic E-state index is -0.108. The number of benzene rings is 2. The van der Waals surface area contributed by atoms with Gasteiger partial charge in [-0.1, -0.05) is 42.5 Å². The molecule has 0 unspecified atom stereocenters. The van der Waals surface area contributed by atoms with Crippen molar-refractivity contribution in [1.29, 1.82) is 0 Å². The number of rotatable bonds is 5. The minimum Gasteiger partial charge on any atom is -0.508 e. The first-order chi connectivity index (χ1) is 11.2. The summed E-state index contributed by atoms with van der Waals surface area (Å²) in [7, 11) is 0. The van der Waals surface area contributed by atoms with Gasteiger partial charge < -0.3 is 10.4 Å². The van der Waals surface area contributed by atoms with Crippen LogP contribution in [0.2, 0.25) is 0 Å². The van der Waals surface area contributed by atoms with Crippen LogP contribution < -0.4 is 5.32 Å². The Hall–Kier alpha value is -2.66. The van der Waals surface area contributed by atoms with Crippen LogP contribution in [0.3, 0.4) is 0 Å². The molecule has 2 N–H and O–H groups in total. The number of hydrogen-bond acceptors (Lipinski definition) is 4. The Morgan fingerprint density at radius 3 is 2.57 bits per heavy atom. The number of carbonyl (C=O) groups excluding carboxylic acids is 1. The lowest BCUT2D eigenvalue weighted by molar-refractivity contribution is 0.0958. The molecular formula is C18H16N2O2S. The van der Waals surface area contributed by atoms with Crippen LogP contribution in [0.5, 0.6) is 5.75 Å². The molecule has 0 saturated carbocycles. The van der Waals surface area contributed by atoms with Gasteiger partial charge in [-0.05, 0) is 24.1 Å². The van der Waals surface area contributed by atoms with Gasteiger partial charge in [0.25, 0.3) is 5.91 Å². The van der Waals surface area contributed by atoms with Gasteiger partial charge in [-0.3, -0.25) is 4.79 Å². The van der Waals surface area contributed by atoms with Crippen molar-refractivity contribution in [3.63, 3.8) is 0 Å². The smallest absolute Gasteiger partial charge is 0.263 e. The highest BCUT2D eigenvalue weighted by Gasteiger charge is 2.11. The third-order valence-corrected chi connectivity index (χ3v) is 4.43. The van der Waals surface area contributed by atoms with Gasteiger partial charge in [0.05, 0.1) is 6.20 Å². The molecule has 2 aromatic carbocycles. The molecule has 4 nitrogen and oxygen atoms in total. The van der Waals surface area contributed by atoms with Crippen molar-refractivity contribution in [3.8, 4) is 16.3 Å². The Kier molecular flexibility index (Phi) is 4.68. The fourth-order valence-electron chi connectivity index (χ4n) is 2.16. The van der Waals surface area contributed by atoms with E-state index in [0.29, 0.717) is 11.4 Å². The first kappa shape index (κ1) is 15.2.